The molecule has 0 amide bonds. The van der Waals surface area contributed by atoms with Crippen molar-refractivity contribution in [3.05, 3.63) is 12.7 Å². The minimum absolute atomic E-state index is 0.720. The molecule has 0 aromatic rings. The maximum Gasteiger partial charge on any atom is 0.0107 e. The molecular weight excluding hydrogens is 128 g/mol. The largest absolute Gasteiger partial charge is 0.158 e. The summed E-state index contributed by atoms with van der Waals surface area (Å²) in [6.07, 6.45) is 4.88. The van der Waals surface area contributed by atoms with Gasteiger partial charge in [-0.15, -0.1) is 6.58 Å². The van der Waals surface area contributed by atoms with E-state index >= 15 is 0 Å². The first-order chi connectivity index (χ1) is 4.34. The van der Waals surface area contributed by atoms with E-state index in [1.807, 2.05) is 0 Å². The fourth-order valence-corrected chi connectivity index (χ4v) is 2.55. The minimum Gasteiger partial charge on any atom is -0.158 e. The fraction of sp³-hybridized carbons (Fsp3) is 0.750. The Morgan fingerprint density at radius 1 is 1.78 bits per heavy atom. The van der Waals surface area contributed by atoms with Crippen molar-refractivity contribution in [1.29, 1.82) is 0 Å². The first-order valence-electron chi connectivity index (χ1n) is 3.58. The van der Waals surface area contributed by atoms with Crippen LogP contribution in [0.25, 0.3) is 0 Å². The zero-order valence-electron chi connectivity index (χ0n) is 5.97. The van der Waals surface area contributed by atoms with Crippen molar-refractivity contribution < 1.29 is 0 Å². The van der Waals surface area contributed by atoms with Crippen molar-refractivity contribution in [2.45, 2.75) is 25.0 Å². The molecule has 0 aromatic carbocycles. The maximum absolute atomic E-state index is 3.79. The highest BCUT2D eigenvalue weighted by molar-refractivity contribution is 8.00. The molecule has 0 aliphatic carbocycles. The monoisotopic (exact) mass is 142 g/mol. The average Bonchev–Trinajstić information content (AvgIpc) is 2.37. The first kappa shape index (κ1) is 7.20. The maximum atomic E-state index is 3.79. The molecule has 0 bridgehead atoms. The molecule has 2 unspecified atom stereocenters. The summed E-state index contributed by atoms with van der Waals surface area (Å²) in [6, 6.07) is 0. The van der Waals surface area contributed by atoms with Gasteiger partial charge in [-0.05, 0) is 24.5 Å². The number of rotatable bonds is 2. The van der Waals surface area contributed by atoms with Crippen molar-refractivity contribution >= 4 is 11.8 Å². The van der Waals surface area contributed by atoms with Gasteiger partial charge >= 0.3 is 0 Å². The van der Waals surface area contributed by atoms with Crippen LogP contribution in [0.1, 0.15) is 19.8 Å². The summed E-state index contributed by atoms with van der Waals surface area (Å²) in [7, 11) is 0. The molecule has 0 N–H and O–H groups in total. The van der Waals surface area contributed by atoms with Crippen LogP contribution in [-0.2, 0) is 0 Å². The van der Waals surface area contributed by atoms with Gasteiger partial charge in [-0.3, -0.25) is 0 Å². The molecule has 0 aromatic heterocycles. The average molecular weight is 142 g/mol. The molecule has 0 nitrogen and oxygen atoms in total. The zero-order chi connectivity index (χ0) is 6.69. The second-order valence-corrected chi connectivity index (χ2v) is 3.99. The van der Waals surface area contributed by atoms with Gasteiger partial charge in [0.25, 0.3) is 0 Å². The van der Waals surface area contributed by atoms with Crippen molar-refractivity contribution in [3.8, 4) is 0 Å². The van der Waals surface area contributed by atoms with E-state index in [1.165, 1.54) is 18.6 Å². The van der Waals surface area contributed by atoms with Crippen LogP contribution in [0, 0.1) is 5.92 Å². The second kappa shape index (κ2) is 3.31. The molecule has 1 heteroatoms. The predicted molar refractivity (Wildman–Crippen MR) is 44.8 cm³/mol. The lowest BCUT2D eigenvalue weighted by molar-refractivity contribution is 0.643. The quantitative estimate of drug-likeness (QED) is 0.534. The minimum atomic E-state index is 0.720. The van der Waals surface area contributed by atoms with Gasteiger partial charge in [0.1, 0.15) is 0 Å². The smallest absolute Gasteiger partial charge is 0.0107 e. The Hall–Kier alpha value is 0.0900. The molecule has 1 fully saturated rings. The third-order valence-electron chi connectivity index (χ3n) is 1.92. The Morgan fingerprint density at radius 3 is 3.00 bits per heavy atom. The summed E-state index contributed by atoms with van der Waals surface area (Å²) < 4.78 is 0. The normalized spacial score (nSPS) is 30.1. The van der Waals surface area contributed by atoms with Gasteiger partial charge < -0.3 is 0 Å². The number of allylic oxidation sites excluding steroid dienone is 1. The standard InChI is InChI=1S/C8H14S/c1-3-7(2)8-5-4-6-9-8/h3,7-8H,1,4-6H2,2H3. The van der Waals surface area contributed by atoms with Crippen LogP contribution in [0.5, 0.6) is 0 Å². The Balaban J connectivity index is 2.32. The van der Waals surface area contributed by atoms with Gasteiger partial charge in [-0.25, -0.2) is 0 Å². The van der Waals surface area contributed by atoms with E-state index in [1.54, 1.807) is 0 Å². The van der Waals surface area contributed by atoms with Crippen molar-refractivity contribution in [2.75, 3.05) is 5.75 Å². The van der Waals surface area contributed by atoms with Crippen LogP contribution in [0.4, 0.5) is 0 Å². The molecule has 1 aliphatic heterocycles. The molecule has 2 atom stereocenters. The Kier molecular flexibility index (Phi) is 2.65. The molecule has 0 spiro atoms. The van der Waals surface area contributed by atoms with Crippen LogP contribution < -0.4 is 0 Å². The highest BCUT2D eigenvalue weighted by Gasteiger charge is 2.19. The third-order valence-corrected chi connectivity index (χ3v) is 3.54. The zero-order valence-corrected chi connectivity index (χ0v) is 6.79. The molecule has 0 saturated carbocycles. The summed E-state index contributed by atoms with van der Waals surface area (Å²) in [5, 5.41) is 0.877. The van der Waals surface area contributed by atoms with Gasteiger partial charge in [-0.1, -0.05) is 13.0 Å². The first-order valence-corrected chi connectivity index (χ1v) is 4.63. The van der Waals surface area contributed by atoms with Gasteiger partial charge in [-0.2, -0.15) is 11.8 Å². The molecule has 0 radical (unpaired) electrons. The molecule has 1 aliphatic rings. The molecule has 1 saturated heterocycles. The summed E-state index contributed by atoms with van der Waals surface area (Å²) >= 11 is 2.10. The van der Waals surface area contributed by atoms with E-state index < -0.39 is 0 Å². The van der Waals surface area contributed by atoms with E-state index in [-0.39, 0.29) is 0 Å². The summed E-state index contributed by atoms with van der Waals surface area (Å²) in [5.74, 6) is 2.08. The molecule has 9 heavy (non-hydrogen) atoms. The van der Waals surface area contributed by atoms with E-state index in [0.29, 0.717) is 0 Å². The summed E-state index contributed by atoms with van der Waals surface area (Å²) in [4.78, 5) is 0. The Labute approximate surface area is 61.7 Å². The third kappa shape index (κ3) is 1.75. The SMILES string of the molecule is C=CC(C)C1CCCS1. The van der Waals surface area contributed by atoms with E-state index in [0.717, 1.165) is 11.2 Å². The Bertz CT molecular complexity index is 92.7. The van der Waals surface area contributed by atoms with Crippen molar-refractivity contribution in [1.82, 2.24) is 0 Å². The van der Waals surface area contributed by atoms with Gasteiger partial charge in [0.05, 0.1) is 0 Å². The second-order valence-electron chi connectivity index (χ2n) is 2.65. The Morgan fingerprint density at radius 2 is 2.56 bits per heavy atom. The van der Waals surface area contributed by atoms with Crippen molar-refractivity contribution in [2.24, 2.45) is 5.92 Å². The lowest BCUT2D eigenvalue weighted by Gasteiger charge is -2.12. The van der Waals surface area contributed by atoms with Crippen LogP contribution in [0.3, 0.4) is 0 Å². The van der Waals surface area contributed by atoms with Crippen LogP contribution in [0.15, 0.2) is 12.7 Å². The van der Waals surface area contributed by atoms with Crippen LogP contribution in [-0.4, -0.2) is 11.0 Å². The van der Waals surface area contributed by atoms with E-state index in [2.05, 4.69) is 31.3 Å². The molecular formula is C8H14S. The molecule has 1 heterocycles. The van der Waals surface area contributed by atoms with Gasteiger partial charge in [0, 0.05) is 5.25 Å². The van der Waals surface area contributed by atoms with Crippen LogP contribution in [0.2, 0.25) is 0 Å². The van der Waals surface area contributed by atoms with E-state index in [4.69, 9.17) is 0 Å². The van der Waals surface area contributed by atoms with Crippen molar-refractivity contribution in [3.63, 3.8) is 0 Å². The van der Waals surface area contributed by atoms with Crippen LogP contribution >= 0.6 is 11.8 Å². The lowest BCUT2D eigenvalue weighted by Crippen LogP contribution is -2.06. The topological polar surface area (TPSA) is 0 Å². The highest BCUT2D eigenvalue weighted by Crippen LogP contribution is 2.31. The van der Waals surface area contributed by atoms with E-state index in [9.17, 15) is 0 Å². The number of hydrogen-bond donors (Lipinski definition) is 0. The number of thioether (sulfide) groups is 1. The predicted octanol–water partition coefficient (Wildman–Crippen LogP) is 2.70. The molecule has 1 rings (SSSR count). The summed E-state index contributed by atoms with van der Waals surface area (Å²) in [6.45, 7) is 6.05. The highest BCUT2D eigenvalue weighted by atomic mass is 32.2. The fourth-order valence-electron chi connectivity index (χ4n) is 1.17. The lowest BCUT2D eigenvalue weighted by atomic mass is 10.0. The van der Waals surface area contributed by atoms with Gasteiger partial charge in [0.2, 0.25) is 0 Å². The number of hydrogen-bond acceptors (Lipinski definition) is 1. The summed E-state index contributed by atoms with van der Waals surface area (Å²) in [5.41, 5.74) is 0. The molecule has 52 valence electrons. The van der Waals surface area contributed by atoms with Gasteiger partial charge in [0.15, 0.2) is 0 Å².